The van der Waals surface area contributed by atoms with Crippen LogP contribution in [0.2, 0.25) is 0 Å². The molecule has 0 heterocycles. The Hall–Kier alpha value is -0.820. The van der Waals surface area contributed by atoms with E-state index < -0.39 is 23.6 Å². The zero-order valence-corrected chi connectivity index (χ0v) is 8.53. The van der Waals surface area contributed by atoms with E-state index in [4.69, 9.17) is 5.11 Å². The first-order valence-electron chi connectivity index (χ1n) is 4.10. The predicted octanol–water partition coefficient (Wildman–Crippen LogP) is 3.60. The third-order valence-corrected chi connectivity index (χ3v) is 2.41. The third kappa shape index (κ3) is 3.64. The summed E-state index contributed by atoms with van der Waals surface area (Å²) in [6, 6.07) is 4.38. The Kier molecular flexibility index (Phi) is 4.15. The number of aliphatic hydroxyl groups is 1. The fourth-order valence-electron chi connectivity index (χ4n) is 1.05. The van der Waals surface area contributed by atoms with Crippen LogP contribution in [-0.2, 0) is 0 Å². The van der Waals surface area contributed by atoms with E-state index in [1.165, 1.54) is 12.1 Å². The number of alkyl halides is 5. The van der Waals surface area contributed by atoms with Crippen molar-refractivity contribution in [1.29, 1.82) is 0 Å². The number of halogens is 5. The van der Waals surface area contributed by atoms with E-state index in [0.29, 0.717) is 0 Å². The Bertz CT molecular complexity index is 352. The first kappa shape index (κ1) is 13.2. The molecule has 1 aromatic rings. The molecule has 0 aliphatic heterocycles. The van der Waals surface area contributed by atoms with Crippen molar-refractivity contribution in [1.82, 2.24) is 0 Å². The highest BCUT2D eigenvalue weighted by Gasteiger charge is 2.39. The number of hydrogen-bond acceptors (Lipinski definition) is 2. The maximum absolute atomic E-state index is 12.1. The minimum Gasteiger partial charge on any atom is -0.379 e. The van der Waals surface area contributed by atoms with Gasteiger partial charge in [-0.1, -0.05) is 23.9 Å². The van der Waals surface area contributed by atoms with Crippen LogP contribution in [0.1, 0.15) is 11.7 Å². The zero-order chi connectivity index (χ0) is 12.3. The van der Waals surface area contributed by atoms with E-state index in [0.717, 1.165) is 12.1 Å². The van der Waals surface area contributed by atoms with Gasteiger partial charge in [0.25, 0.3) is 5.76 Å². The van der Waals surface area contributed by atoms with E-state index in [1.54, 1.807) is 0 Å². The van der Waals surface area contributed by atoms with Crippen molar-refractivity contribution in [2.45, 2.75) is 22.9 Å². The van der Waals surface area contributed by atoms with Gasteiger partial charge >= 0.3 is 6.18 Å². The van der Waals surface area contributed by atoms with Crippen LogP contribution in [-0.4, -0.2) is 17.0 Å². The predicted molar refractivity (Wildman–Crippen MR) is 49.3 cm³/mol. The second-order valence-electron chi connectivity index (χ2n) is 2.90. The molecule has 1 aromatic carbocycles. The summed E-state index contributed by atoms with van der Waals surface area (Å²) < 4.78 is 60.3. The molecule has 0 saturated carbocycles. The normalized spacial score (nSPS) is 14.2. The van der Waals surface area contributed by atoms with Crippen LogP contribution in [0.4, 0.5) is 22.0 Å². The van der Waals surface area contributed by atoms with Crippen LogP contribution < -0.4 is 0 Å². The summed E-state index contributed by atoms with van der Waals surface area (Å²) in [6.07, 6.45) is -7.44. The minimum absolute atomic E-state index is 0.0178. The van der Waals surface area contributed by atoms with Gasteiger partial charge in [-0.3, -0.25) is 0 Å². The molecule has 0 fully saturated rings. The van der Waals surface area contributed by atoms with Gasteiger partial charge in [0.2, 0.25) is 0 Å². The van der Waals surface area contributed by atoms with Crippen molar-refractivity contribution in [3.63, 3.8) is 0 Å². The van der Waals surface area contributed by atoms with E-state index in [-0.39, 0.29) is 16.7 Å². The molecule has 90 valence electrons. The number of hydrogen-bond donors (Lipinski definition) is 1. The van der Waals surface area contributed by atoms with Gasteiger partial charge in [-0.05, 0) is 17.7 Å². The van der Waals surface area contributed by atoms with Crippen molar-refractivity contribution in [2.24, 2.45) is 0 Å². The Morgan fingerprint density at radius 3 is 2.31 bits per heavy atom. The molecule has 0 amide bonds. The summed E-state index contributed by atoms with van der Waals surface area (Å²) >= 11 is 0.129. The summed E-state index contributed by atoms with van der Waals surface area (Å²) in [5.41, 5.74) is -0.446. The number of thioether (sulfide) groups is 1. The molecule has 0 aromatic heterocycles. The molecule has 1 N–H and O–H groups in total. The van der Waals surface area contributed by atoms with Crippen LogP contribution in [0.5, 0.6) is 0 Å². The average molecular weight is 258 g/mol. The second-order valence-corrected chi connectivity index (χ2v) is 3.96. The lowest BCUT2D eigenvalue weighted by Crippen LogP contribution is -2.20. The number of rotatable bonds is 3. The van der Waals surface area contributed by atoms with Crippen LogP contribution in [0.15, 0.2) is 29.2 Å². The van der Waals surface area contributed by atoms with Crippen molar-refractivity contribution in [3.8, 4) is 0 Å². The minimum atomic E-state index is -4.80. The van der Waals surface area contributed by atoms with E-state index in [9.17, 15) is 22.0 Å². The third-order valence-electron chi connectivity index (χ3n) is 1.71. The molecule has 0 radical (unpaired) electrons. The highest BCUT2D eigenvalue weighted by Crippen LogP contribution is 2.34. The average Bonchev–Trinajstić information content (AvgIpc) is 2.14. The smallest absolute Gasteiger partial charge is 0.379 e. The summed E-state index contributed by atoms with van der Waals surface area (Å²) in [6.45, 7) is 0. The molecule has 0 aliphatic rings. The molecular formula is C9H7F5OS. The molecule has 0 spiro atoms. The maximum atomic E-state index is 12.1. The molecule has 0 aliphatic carbocycles. The van der Waals surface area contributed by atoms with Gasteiger partial charge < -0.3 is 5.11 Å². The van der Waals surface area contributed by atoms with Gasteiger partial charge in [-0.2, -0.15) is 22.0 Å². The van der Waals surface area contributed by atoms with E-state index in [1.807, 2.05) is 0 Å². The number of benzene rings is 1. The van der Waals surface area contributed by atoms with Gasteiger partial charge in [0.15, 0.2) is 6.10 Å². The van der Waals surface area contributed by atoms with Gasteiger partial charge in [0.05, 0.1) is 0 Å². The van der Waals surface area contributed by atoms with E-state index in [2.05, 4.69) is 0 Å². The largest absolute Gasteiger partial charge is 0.418 e. The van der Waals surface area contributed by atoms with Crippen molar-refractivity contribution >= 4 is 11.8 Å². The highest BCUT2D eigenvalue weighted by molar-refractivity contribution is 7.99. The van der Waals surface area contributed by atoms with Crippen LogP contribution in [0.3, 0.4) is 0 Å². The zero-order valence-electron chi connectivity index (χ0n) is 7.71. The van der Waals surface area contributed by atoms with Crippen LogP contribution >= 0.6 is 11.8 Å². The fraction of sp³-hybridized carbons (Fsp3) is 0.333. The molecule has 1 rings (SSSR count). The van der Waals surface area contributed by atoms with Crippen molar-refractivity contribution < 1.29 is 27.1 Å². The first-order valence-corrected chi connectivity index (χ1v) is 4.98. The van der Waals surface area contributed by atoms with Crippen LogP contribution in [0, 0.1) is 0 Å². The Morgan fingerprint density at radius 1 is 1.19 bits per heavy atom. The van der Waals surface area contributed by atoms with Gasteiger partial charge in [-0.15, -0.1) is 0 Å². The molecule has 1 atom stereocenters. The maximum Gasteiger partial charge on any atom is 0.418 e. The molecule has 7 heteroatoms. The second kappa shape index (κ2) is 5.01. The first-order chi connectivity index (χ1) is 7.30. The molecule has 1 unspecified atom stereocenters. The fourth-order valence-corrected chi connectivity index (χ4v) is 1.62. The Morgan fingerprint density at radius 2 is 1.81 bits per heavy atom. The summed E-state index contributed by atoms with van der Waals surface area (Å²) in [5.74, 6) is -2.71. The molecule has 0 bridgehead atoms. The van der Waals surface area contributed by atoms with Crippen molar-refractivity contribution in [2.75, 3.05) is 0 Å². The number of aliphatic hydroxyl groups excluding tert-OH is 1. The summed E-state index contributed by atoms with van der Waals surface area (Å²) in [7, 11) is 0. The monoisotopic (exact) mass is 258 g/mol. The quantitative estimate of drug-likeness (QED) is 0.660. The topological polar surface area (TPSA) is 20.2 Å². The SMILES string of the molecule is OC(c1cccc(SC(F)F)c1)C(F)(F)F. The van der Waals surface area contributed by atoms with Gasteiger partial charge in [-0.25, -0.2) is 0 Å². The molecule has 0 saturated heterocycles. The van der Waals surface area contributed by atoms with Gasteiger partial charge in [0.1, 0.15) is 0 Å². The van der Waals surface area contributed by atoms with E-state index >= 15 is 0 Å². The van der Waals surface area contributed by atoms with Crippen molar-refractivity contribution in [3.05, 3.63) is 29.8 Å². The Balaban J connectivity index is 2.90. The molecular weight excluding hydrogens is 251 g/mol. The molecule has 16 heavy (non-hydrogen) atoms. The Labute approximate surface area is 92.3 Å². The summed E-state index contributed by atoms with van der Waals surface area (Å²) in [4.78, 5) is -0.0178. The lowest BCUT2D eigenvalue weighted by molar-refractivity contribution is -0.206. The van der Waals surface area contributed by atoms with Gasteiger partial charge in [0, 0.05) is 4.90 Å². The standard InChI is InChI=1S/C9H7F5OS/c10-8(11)16-6-3-1-2-5(4-6)7(15)9(12,13)14/h1-4,7-8,15H. The lowest BCUT2D eigenvalue weighted by Gasteiger charge is -2.15. The summed E-state index contributed by atoms with van der Waals surface area (Å²) in [5, 5.41) is 8.89. The molecule has 1 nitrogen and oxygen atoms in total. The lowest BCUT2D eigenvalue weighted by atomic mass is 10.1. The van der Waals surface area contributed by atoms with Crippen LogP contribution in [0.25, 0.3) is 0 Å². The highest BCUT2D eigenvalue weighted by atomic mass is 32.2.